The zero-order valence-electron chi connectivity index (χ0n) is 19.1. The lowest BCUT2D eigenvalue weighted by molar-refractivity contribution is -0.140. The number of allylic oxidation sites excluding steroid dienone is 2. The molecule has 2 amide bonds. The SMILES string of the molecule is CCOc1cc(C=NN2C(=O)[C@@H]3[C@H]4C=C[C@@H]([C@@H]5C[C@@H]45)[C@H]3C2=O)cc(Br)c1OCc1ccccc1Cl. The minimum absolute atomic E-state index is 0.176. The number of hydrogen-bond donors (Lipinski definition) is 0. The number of benzene rings is 2. The summed E-state index contributed by atoms with van der Waals surface area (Å²) in [4.78, 5) is 26.3. The number of rotatable bonds is 7. The van der Waals surface area contributed by atoms with Gasteiger partial charge >= 0.3 is 0 Å². The van der Waals surface area contributed by atoms with Gasteiger partial charge in [-0.25, -0.2) is 0 Å². The van der Waals surface area contributed by atoms with Crippen molar-refractivity contribution in [3.8, 4) is 11.5 Å². The lowest BCUT2D eigenvalue weighted by atomic mass is 9.63. The van der Waals surface area contributed by atoms with Gasteiger partial charge in [0, 0.05) is 10.6 Å². The van der Waals surface area contributed by atoms with Crippen LogP contribution in [-0.2, 0) is 16.2 Å². The van der Waals surface area contributed by atoms with E-state index in [1.165, 1.54) is 6.21 Å². The van der Waals surface area contributed by atoms with Gasteiger partial charge < -0.3 is 9.47 Å². The molecule has 3 fully saturated rings. The fourth-order valence-corrected chi connectivity index (χ4v) is 6.77. The molecule has 0 spiro atoms. The predicted molar refractivity (Wildman–Crippen MR) is 135 cm³/mol. The second-order valence-corrected chi connectivity index (χ2v) is 10.8. The first-order chi connectivity index (χ1) is 17.0. The van der Waals surface area contributed by atoms with Gasteiger partial charge in [0.05, 0.1) is 29.1 Å². The fraction of sp³-hybridized carbons (Fsp3) is 0.370. The Morgan fingerprint density at radius 2 is 1.77 bits per heavy atom. The summed E-state index contributed by atoms with van der Waals surface area (Å²) >= 11 is 9.82. The number of nitrogens with zero attached hydrogens (tertiary/aromatic N) is 2. The summed E-state index contributed by atoms with van der Waals surface area (Å²) in [5, 5.41) is 6.06. The molecule has 2 bridgehead atoms. The van der Waals surface area contributed by atoms with Gasteiger partial charge in [-0.3, -0.25) is 9.59 Å². The number of halogens is 2. The molecule has 1 saturated heterocycles. The van der Waals surface area contributed by atoms with Crippen LogP contribution in [0.4, 0.5) is 0 Å². The molecule has 7 rings (SSSR count). The van der Waals surface area contributed by atoms with E-state index in [1.54, 1.807) is 6.07 Å². The molecule has 1 aliphatic heterocycles. The average Bonchev–Trinajstić information content (AvgIpc) is 3.63. The molecule has 2 saturated carbocycles. The topological polar surface area (TPSA) is 68.2 Å². The normalized spacial score (nSPS) is 30.1. The Labute approximate surface area is 217 Å². The number of carbonyl (C=O) groups is 2. The Balaban J connectivity index is 1.23. The smallest absolute Gasteiger partial charge is 0.254 e. The minimum atomic E-state index is -0.260. The van der Waals surface area contributed by atoms with Gasteiger partial charge in [0.15, 0.2) is 11.5 Å². The molecule has 5 aliphatic rings. The van der Waals surface area contributed by atoms with E-state index in [1.807, 2.05) is 37.3 Å². The number of imide groups is 1. The van der Waals surface area contributed by atoms with Crippen LogP contribution in [-0.4, -0.2) is 29.6 Å². The maximum absolute atomic E-state index is 13.2. The molecule has 2 aromatic carbocycles. The highest BCUT2D eigenvalue weighted by molar-refractivity contribution is 9.10. The lowest BCUT2D eigenvalue weighted by Gasteiger charge is -2.37. The van der Waals surface area contributed by atoms with Crippen molar-refractivity contribution in [1.82, 2.24) is 5.01 Å². The van der Waals surface area contributed by atoms with Gasteiger partial charge in [-0.15, -0.1) is 0 Å². The van der Waals surface area contributed by atoms with Crippen molar-refractivity contribution < 1.29 is 19.1 Å². The van der Waals surface area contributed by atoms with Gasteiger partial charge in [-0.2, -0.15) is 10.1 Å². The molecular weight excluding hydrogens is 532 g/mol. The second-order valence-electron chi connectivity index (χ2n) is 9.53. The molecule has 8 heteroatoms. The summed E-state index contributed by atoms with van der Waals surface area (Å²) in [6, 6.07) is 11.1. The van der Waals surface area contributed by atoms with E-state index in [4.69, 9.17) is 21.1 Å². The summed E-state index contributed by atoms with van der Waals surface area (Å²) < 4.78 is 12.5. The Hall–Kier alpha value is -2.64. The molecule has 35 heavy (non-hydrogen) atoms. The second kappa shape index (κ2) is 8.79. The maximum Gasteiger partial charge on any atom is 0.254 e. The van der Waals surface area contributed by atoms with Crippen LogP contribution in [0.5, 0.6) is 11.5 Å². The predicted octanol–water partition coefficient (Wildman–Crippen LogP) is 5.47. The standard InChI is InChI=1S/C27H24BrClN2O4/c1-2-34-22-10-14(9-20(28)25(22)35-13-15-5-3-4-6-21(15)29)12-30-31-26(32)23-16-7-8-17(19-11-18(16)19)24(23)27(31)33/h3-10,12,16-19,23-24H,2,11,13H2,1H3/t16-,17-,18-,19-,23+,24+/m0/s1. The summed E-state index contributed by atoms with van der Waals surface area (Å²) in [5.41, 5.74) is 1.55. The first-order valence-electron chi connectivity index (χ1n) is 11.9. The molecule has 2 aromatic rings. The molecule has 4 aliphatic carbocycles. The van der Waals surface area contributed by atoms with Crippen molar-refractivity contribution in [3.63, 3.8) is 0 Å². The van der Waals surface area contributed by atoms with E-state index in [-0.39, 0.29) is 42.1 Å². The molecule has 1 heterocycles. The molecule has 180 valence electrons. The average molecular weight is 556 g/mol. The van der Waals surface area contributed by atoms with Crippen LogP contribution in [0.3, 0.4) is 0 Å². The highest BCUT2D eigenvalue weighted by Crippen LogP contribution is 2.65. The molecule has 0 radical (unpaired) electrons. The summed E-state index contributed by atoms with van der Waals surface area (Å²) in [5.74, 6) is 1.70. The van der Waals surface area contributed by atoms with E-state index in [0.29, 0.717) is 45.0 Å². The molecule has 0 unspecified atom stereocenters. The van der Waals surface area contributed by atoms with Gasteiger partial charge in [-0.05, 0) is 76.7 Å². The first-order valence-corrected chi connectivity index (χ1v) is 13.1. The van der Waals surface area contributed by atoms with E-state index in [9.17, 15) is 9.59 Å². The number of ether oxygens (including phenoxy) is 2. The monoisotopic (exact) mass is 554 g/mol. The molecule has 6 nitrogen and oxygen atoms in total. The van der Waals surface area contributed by atoms with Crippen molar-refractivity contribution in [3.05, 3.63) is 69.2 Å². The molecule has 0 N–H and O–H groups in total. The van der Waals surface area contributed by atoms with Gasteiger partial charge in [-0.1, -0.05) is 42.0 Å². The Morgan fingerprint density at radius 1 is 1.09 bits per heavy atom. The van der Waals surface area contributed by atoms with Crippen LogP contribution in [0.25, 0.3) is 0 Å². The maximum atomic E-state index is 13.2. The van der Waals surface area contributed by atoms with E-state index < -0.39 is 0 Å². The summed E-state index contributed by atoms with van der Waals surface area (Å²) in [6.07, 6.45) is 6.99. The van der Waals surface area contributed by atoms with Gasteiger partial charge in [0.2, 0.25) is 0 Å². The van der Waals surface area contributed by atoms with Gasteiger partial charge in [0.25, 0.3) is 11.8 Å². The van der Waals surface area contributed by atoms with Crippen molar-refractivity contribution in [2.75, 3.05) is 6.61 Å². The van der Waals surface area contributed by atoms with Crippen LogP contribution < -0.4 is 9.47 Å². The summed E-state index contributed by atoms with van der Waals surface area (Å²) in [7, 11) is 0. The zero-order valence-corrected chi connectivity index (χ0v) is 21.4. The van der Waals surface area contributed by atoms with Crippen LogP contribution in [0.15, 0.2) is 58.1 Å². The highest BCUT2D eigenvalue weighted by atomic mass is 79.9. The molecule has 0 aromatic heterocycles. The quantitative estimate of drug-likeness (QED) is 0.258. The Morgan fingerprint density at radius 3 is 2.43 bits per heavy atom. The van der Waals surface area contributed by atoms with E-state index >= 15 is 0 Å². The Bertz CT molecular complexity index is 1240. The van der Waals surface area contributed by atoms with Gasteiger partial charge in [0.1, 0.15) is 6.61 Å². The van der Waals surface area contributed by atoms with E-state index in [2.05, 4.69) is 33.2 Å². The van der Waals surface area contributed by atoms with Crippen LogP contribution in [0.2, 0.25) is 5.02 Å². The largest absolute Gasteiger partial charge is 0.490 e. The number of hydrogen-bond acceptors (Lipinski definition) is 5. The highest BCUT2D eigenvalue weighted by Gasteiger charge is 2.67. The number of hydrazone groups is 1. The number of carbonyl (C=O) groups excluding carboxylic acids is 2. The lowest BCUT2D eigenvalue weighted by Crippen LogP contribution is -2.40. The van der Waals surface area contributed by atoms with Crippen molar-refractivity contribution in [2.24, 2.45) is 40.6 Å². The minimum Gasteiger partial charge on any atom is -0.490 e. The van der Waals surface area contributed by atoms with Crippen LogP contribution in [0.1, 0.15) is 24.5 Å². The fourth-order valence-electron chi connectivity index (χ4n) is 6.01. The Kier molecular flexibility index (Phi) is 5.72. The summed E-state index contributed by atoms with van der Waals surface area (Å²) in [6.45, 7) is 2.62. The molecule has 6 atom stereocenters. The van der Waals surface area contributed by atoms with Crippen molar-refractivity contribution in [1.29, 1.82) is 0 Å². The third kappa shape index (κ3) is 3.80. The third-order valence-electron chi connectivity index (χ3n) is 7.62. The van der Waals surface area contributed by atoms with Crippen LogP contribution >= 0.6 is 27.5 Å². The van der Waals surface area contributed by atoms with Crippen molar-refractivity contribution in [2.45, 2.75) is 20.0 Å². The first kappa shape index (κ1) is 22.8. The third-order valence-corrected chi connectivity index (χ3v) is 8.58. The zero-order chi connectivity index (χ0) is 24.3. The molecular formula is C27H24BrClN2O4. The van der Waals surface area contributed by atoms with Crippen molar-refractivity contribution >= 4 is 45.6 Å². The number of amides is 2. The van der Waals surface area contributed by atoms with E-state index in [0.717, 1.165) is 17.0 Å². The van der Waals surface area contributed by atoms with Crippen LogP contribution in [0, 0.1) is 35.5 Å².